The van der Waals surface area contributed by atoms with Crippen LogP contribution in [0.4, 0.5) is 0 Å². The van der Waals surface area contributed by atoms with Crippen LogP contribution in [0, 0.1) is 0 Å². The Morgan fingerprint density at radius 1 is 1.33 bits per heavy atom. The third-order valence-electron chi connectivity index (χ3n) is 2.83. The average molecular weight is 246 g/mol. The molecule has 0 atom stereocenters. The molecule has 1 heterocycles. The molecule has 18 heavy (non-hydrogen) atoms. The Morgan fingerprint density at radius 3 is 2.61 bits per heavy atom. The average Bonchev–Trinajstić information content (AvgIpc) is 2.67. The summed E-state index contributed by atoms with van der Waals surface area (Å²) in [6.45, 7) is 0. The predicted molar refractivity (Wildman–Crippen MR) is 66.6 cm³/mol. The van der Waals surface area contributed by atoms with Gasteiger partial charge in [0.2, 0.25) is 0 Å². The molecule has 1 aromatic heterocycles. The van der Waals surface area contributed by atoms with E-state index in [1.165, 1.54) is 11.7 Å². The fraction of sp³-hybridized carbons (Fsp3) is 0.231. The molecule has 5 heteroatoms. The van der Waals surface area contributed by atoms with Crippen LogP contribution >= 0.6 is 0 Å². The molecule has 0 aliphatic heterocycles. The van der Waals surface area contributed by atoms with Crippen molar-refractivity contribution in [1.82, 2.24) is 9.55 Å². The third-order valence-corrected chi connectivity index (χ3v) is 2.83. The Hall–Kier alpha value is -2.30. The van der Waals surface area contributed by atoms with E-state index in [2.05, 4.69) is 9.72 Å². The normalized spacial score (nSPS) is 10.3. The van der Waals surface area contributed by atoms with Crippen molar-refractivity contribution in [2.24, 2.45) is 7.05 Å². The molecule has 0 aliphatic carbocycles. The van der Waals surface area contributed by atoms with Gasteiger partial charge in [0.25, 0.3) is 0 Å². The van der Waals surface area contributed by atoms with Gasteiger partial charge in [-0.3, -0.25) is 9.55 Å². The van der Waals surface area contributed by atoms with Crippen LogP contribution in [0.25, 0.3) is 0 Å². The Labute approximate surface area is 104 Å². The number of esters is 1. The number of nitrogens with zero attached hydrogens (tertiary/aromatic N) is 1. The third kappa shape index (κ3) is 2.20. The Morgan fingerprint density at radius 2 is 2.00 bits per heavy atom. The van der Waals surface area contributed by atoms with E-state index in [0.29, 0.717) is 12.1 Å². The minimum absolute atomic E-state index is 0.217. The summed E-state index contributed by atoms with van der Waals surface area (Å²) in [6, 6.07) is 9.63. The molecule has 1 aromatic carbocycles. The summed E-state index contributed by atoms with van der Waals surface area (Å²) in [4.78, 5) is 25.7. The van der Waals surface area contributed by atoms with Crippen molar-refractivity contribution >= 4 is 5.97 Å². The predicted octanol–water partition coefficient (Wildman–Crippen LogP) is 1.09. The van der Waals surface area contributed by atoms with Gasteiger partial charge in [-0.05, 0) is 5.56 Å². The molecule has 1 N–H and O–H groups in total. The number of nitrogens with one attached hydrogen (secondary N) is 1. The summed E-state index contributed by atoms with van der Waals surface area (Å²) >= 11 is 0. The number of aromatic amines is 1. The van der Waals surface area contributed by atoms with Crippen molar-refractivity contribution in [3.8, 4) is 0 Å². The van der Waals surface area contributed by atoms with Crippen LogP contribution in [0.1, 0.15) is 21.7 Å². The van der Waals surface area contributed by atoms with E-state index in [4.69, 9.17) is 0 Å². The summed E-state index contributed by atoms with van der Waals surface area (Å²) in [5, 5.41) is 0. The quantitative estimate of drug-likeness (QED) is 0.824. The number of H-pyrrole nitrogens is 1. The van der Waals surface area contributed by atoms with Crippen molar-refractivity contribution in [3.63, 3.8) is 0 Å². The smallest absolute Gasteiger partial charge is 0.356 e. The number of carbonyl (C=O) groups excluding carboxylic acids is 1. The van der Waals surface area contributed by atoms with Gasteiger partial charge in [-0.1, -0.05) is 30.3 Å². The standard InChI is InChI=1S/C13H14N2O3/c1-15-10(8-9-6-4-3-5-7-9)11(12(16)18-2)14-13(15)17/h3-7H,8H2,1-2H3,(H,14,17). The molecular weight excluding hydrogens is 232 g/mol. The largest absolute Gasteiger partial charge is 0.464 e. The van der Waals surface area contributed by atoms with Crippen LogP contribution in [0.15, 0.2) is 35.1 Å². The van der Waals surface area contributed by atoms with E-state index in [9.17, 15) is 9.59 Å². The number of imidazole rings is 1. The van der Waals surface area contributed by atoms with E-state index in [1.54, 1.807) is 7.05 Å². The first-order valence-corrected chi connectivity index (χ1v) is 5.53. The molecular formula is C13H14N2O3. The lowest BCUT2D eigenvalue weighted by atomic mass is 10.1. The Bertz CT molecular complexity index is 611. The molecule has 0 aliphatic rings. The first-order valence-electron chi connectivity index (χ1n) is 5.53. The summed E-state index contributed by atoms with van der Waals surface area (Å²) in [5.74, 6) is -0.529. The maximum absolute atomic E-state index is 11.6. The topological polar surface area (TPSA) is 64.1 Å². The first-order chi connectivity index (χ1) is 8.63. The number of ether oxygens (including phenoxy) is 1. The van der Waals surface area contributed by atoms with Gasteiger partial charge in [0.15, 0.2) is 0 Å². The zero-order valence-corrected chi connectivity index (χ0v) is 10.3. The first kappa shape index (κ1) is 12.2. The van der Waals surface area contributed by atoms with Gasteiger partial charge in [-0.25, -0.2) is 9.59 Å². The number of aromatic nitrogens is 2. The molecule has 0 spiro atoms. The molecule has 0 unspecified atom stereocenters. The van der Waals surface area contributed by atoms with Gasteiger partial charge < -0.3 is 4.74 Å². The number of hydrogen-bond donors (Lipinski definition) is 1. The van der Waals surface area contributed by atoms with E-state index >= 15 is 0 Å². The minimum atomic E-state index is -0.529. The maximum atomic E-state index is 11.6. The molecule has 2 aromatic rings. The van der Waals surface area contributed by atoms with Gasteiger partial charge >= 0.3 is 11.7 Å². The minimum Gasteiger partial charge on any atom is -0.464 e. The van der Waals surface area contributed by atoms with Gasteiger partial charge in [-0.15, -0.1) is 0 Å². The fourth-order valence-corrected chi connectivity index (χ4v) is 1.82. The van der Waals surface area contributed by atoms with Crippen LogP contribution < -0.4 is 5.69 Å². The summed E-state index contributed by atoms with van der Waals surface area (Å²) in [5.41, 5.74) is 1.55. The highest BCUT2D eigenvalue weighted by Crippen LogP contribution is 2.11. The lowest BCUT2D eigenvalue weighted by Gasteiger charge is -2.05. The van der Waals surface area contributed by atoms with Crippen molar-refractivity contribution in [3.05, 3.63) is 57.8 Å². The van der Waals surface area contributed by atoms with Gasteiger partial charge in [-0.2, -0.15) is 0 Å². The van der Waals surface area contributed by atoms with Crippen LogP contribution in [0.5, 0.6) is 0 Å². The van der Waals surface area contributed by atoms with Gasteiger partial charge in [0.1, 0.15) is 5.69 Å². The fourth-order valence-electron chi connectivity index (χ4n) is 1.82. The Kier molecular flexibility index (Phi) is 3.32. The summed E-state index contributed by atoms with van der Waals surface area (Å²) in [7, 11) is 2.92. The molecule has 0 saturated heterocycles. The zero-order chi connectivity index (χ0) is 13.1. The molecule has 5 nitrogen and oxygen atoms in total. The monoisotopic (exact) mass is 246 g/mol. The van der Waals surface area contributed by atoms with Gasteiger partial charge in [0.05, 0.1) is 12.8 Å². The molecule has 2 rings (SSSR count). The molecule has 0 amide bonds. The van der Waals surface area contributed by atoms with Crippen molar-refractivity contribution in [1.29, 1.82) is 0 Å². The van der Waals surface area contributed by atoms with Crippen LogP contribution in [0.2, 0.25) is 0 Å². The van der Waals surface area contributed by atoms with Crippen LogP contribution in [-0.2, 0) is 18.2 Å². The van der Waals surface area contributed by atoms with E-state index in [0.717, 1.165) is 5.56 Å². The molecule has 0 radical (unpaired) electrons. The van der Waals surface area contributed by atoms with Crippen molar-refractivity contribution in [2.45, 2.75) is 6.42 Å². The lowest BCUT2D eigenvalue weighted by molar-refractivity contribution is 0.0593. The van der Waals surface area contributed by atoms with E-state index in [-0.39, 0.29) is 11.4 Å². The number of benzene rings is 1. The molecule has 0 fully saturated rings. The highest BCUT2D eigenvalue weighted by molar-refractivity contribution is 5.88. The summed E-state index contributed by atoms with van der Waals surface area (Å²) in [6.07, 6.45) is 0.501. The van der Waals surface area contributed by atoms with Gasteiger partial charge in [0, 0.05) is 13.5 Å². The van der Waals surface area contributed by atoms with Crippen LogP contribution in [0.3, 0.4) is 0 Å². The van der Waals surface area contributed by atoms with Crippen LogP contribution in [-0.4, -0.2) is 22.6 Å². The molecule has 0 saturated carbocycles. The van der Waals surface area contributed by atoms with Crippen molar-refractivity contribution < 1.29 is 9.53 Å². The second-order valence-electron chi connectivity index (χ2n) is 3.96. The molecule has 0 bridgehead atoms. The number of rotatable bonds is 3. The second kappa shape index (κ2) is 4.91. The van der Waals surface area contributed by atoms with E-state index < -0.39 is 5.97 Å². The Balaban J connectivity index is 2.44. The number of carbonyl (C=O) groups is 1. The molecule has 94 valence electrons. The van der Waals surface area contributed by atoms with E-state index in [1.807, 2.05) is 30.3 Å². The summed E-state index contributed by atoms with van der Waals surface area (Å²) < 4.78 is 6.09. The SMILES string of the molecule is COC(=O)c1[nH]c(=O)n(C)c1Cc1ccccc1. The zero-order valence-electron chi connectivity index (χ0n) is 10.3. The second-order valence-corrected chi connectivity index (χ2v) is 3.96. The van der Waals surface area contributed by atoms with Crippen molar-refractivity contribution in [2.75, 3.05) is 7.11 Å². The maximum Gasteiger partial charge on any atom is 0.356 e. The lowest BCUT2D eigenvalue weighted by Crippen LogP contribution is -2.14. The number of hydrogen-bond acceptors (Lipinski definition) is 3. The number of methoxy groups -OCH3 is 1. The highest BCUT2D eigenvalue weighted by atomic mass is 16.5. The highest BCUT2D eigenvalue weighted by Gasteiger charge is 2.18.